The molecule has 1 atom stereocenters. The van der Waals surface area contributed by atoms with Crippen LogP contribution < -0.4 is 5.32 Å². The summed E-state index contributed by atoms with van der Waals surface area (Å²) in [6.07, 6.45) is -0.965. The van der Waals surface area contributed by atoms with Crippen LogP contribution in [-0.2, 0) is 12.6 Å². The third-order valence-corrected chi connectivity index (χ3v) is 3.97. The lowest BCUT2D eigenvalue weighted by Gasteiger charge is -2.16. The minimum Gasteiger partial charge on any atom is -0.371 e. The van der Waals surface area contributed by atoms with Crippen LogP contribution in [0.3, 0.4) is 0 Å². The maximum atomic E-state index is 13.0. The molecule has 1 saturated heterocycles. The standard InChI is InChI=1S/C16H18F3N5/c17-16(18,19)15-22-14(10-11-6-4-5-9-13(20)21-11)24(23-15)12-7-2-1-3-8-12/h1-3,7-8,11H,4-6,9-10H2,(H2,20,21). The molecule has 0 bridgehead atoms. The molecule has 2 N–H and O–H groups in total. The molecule has 1 fully saturated rings. The molecule has 0 aliphatic carbocycles. The Hall–Kier alpha value is -2.38. The molecule has 3 rings (SSSR count). The smallest absolute Gasteiger partial charge is 0.371 e. The van der Waals surface area contributed by atoms with E-state index in [1.54, 1.807) is 30.3 Å². The number of benzene rings is 1. The van der Waals surface area contributed by atoms with Gasteiger partial charge in [-0.15, -0.1) is 5.10 Å². The number of aromatic nitrogens is 3. The van der Waals surface area contributed by atoms with Gasteiger partial charge in [0.05, 0.1) is 11.5 Å². The molecule has 128 valence electrons. The molecule has 1 aliphatic heterocycles. The van der Waals surface area contributed by atoms with E-state index in [9.17, 15) is 13.2 Å². The first kappa shape index (κ1) is 16.5. The van der Waals surface area contributed by atoms with Crippen molar-refractivity contribution in [3.05, 3.63) is 42.0 Å². The summed E-state index contributed by atoms with van der Waals surface area (Å²) >= 11 is 0. The number of halogens is 3. The van der Waals surface area contributed by atoms with E-state index in [1.165, 1.54) is 4.68 Å². The van der Waals surface area contributed by atoms with Crippen molar-refractivity contribution in [2.24, 2.45) is 0 Å². The van der Waals surface area contributed by atoms with Crippen molar-refractivity contribution in [3.63, 3.8) is 0 Å². The highest BCUT2D eigenvalue weighted by Crippen LogP contribution is 2.28. The van der Waals surface area contributed by atoms with Gasteiger partial charge in [0.1, 0.15) is 5.82 Å². The first-order valence-electron chi connectivity index (χ1n) is 7.86. The van der Waals surface area contributed by atoms with Gasteiger partial charge in [0, 0.05) is 18.9 Å². The van der Waals surface area contributed by atoms with Gasteiger partial charge in [0.15, 0.2) is 0 Å². The lowest BCUT2D eigenvalue weighted by atomic mass is 10.1. The Morgan fingerprint density at radius 2 is 1.96 bits per heavy atom. The fraction of sp³-hybridized carbons (Fsp3) is 0.438. The minimum atomic E-state index is -4.58. The summed E-state index contributed by atoms with van der Waals surface area (Å²) in [4.78, 5) is 3.72. The highest BCUT2D eigenvalue weighted by molar-refractivity contribution is 5.79. The summed E-state index contributed by atoms with van der Waals surface area (Å²) in [5.74, 6) is -0.454. The molecule has 1 unspecified atom stereocenters. The maximum absolute atomic E-state index is 13.0. The SMILES string of the molecule is N=C1CCCCC(Cc2nc(C(F)(F)F)nn2-c2ccccc2)N1. The maximum Gasteiger partial charge on any atom is 0.453 e. The number of alkyl halides is 3. The molecule has 1 aliphatic rings. The van der Waals surface area contributed by atoms with Gasteiger partial charge >= 0.3 is 6.18 Å². The van der Waals surface area contributed by atoms with Gasteiger partial charge in [-0.3, -0.25) is 5.41 Å². The van der Waals surface area contributed by atoms with Gasteiger partial charge in [0.25, 0.3) is 5.82 Å². The minimum absolute atomic E-state index is 0.104. The zero-order valence-electron chi connectivity index (χ0n) is 13.0. The van der Waals surface area contributed by atoms with E-state index in [0.29, 0.717) is 24.4 Å². The summed E-state index contributed by atoms with van der Waals surface area (Å²) in [6, 6.07) is 8.56. The third-order valence-electron chi connectivity index (χ3n) is 3.97. The van der Waals surface area contributed by atoms with Gasteiger partial charge < -0.3 is 5.32 Å². The first-order valence-corrected chi connectivity index (χ1v) is 7.86. The molecule has 5 nitrogen and oxygen atoms in total. The molecule has 2 heterocycles. The Kier molecular flexibility index (Phi) is 4.55. The largest absolute Gasteiger partial charge is 0.453 e. The molecular formula is C16H18F3N5. The van der Waals surface area contributed by atoms with E-state index in [2.05, 4.69) is 15.4 Å². The summed E-state index contributed by atoms with van der Waals surface area (Å²) in [5, 5.41) is 14.5. The van der Waals surface area contributed by atoms with Gasteiger partial charge in [-0.2, -0.15) is 13.2 Å². The van der Waals surface area contributed by atoms with Crippen LogP contribution in [0.1, 0.15) is 37.3 Å². The van der Waals surface area contributed by atoms with Crippen molar-refractivity contribution >= 4 is 5.84 Å². The summed E-state index contributed by atoms with van der Waals surface area (Å²) in [5.41, 5.74) is 0.541. The van der Waals surface area contributed by atoms with E-state index >= 15 is 0 Å². The van der Waals surface area contributed by atoms with E-state index in [1.807, 2.05) is 0 Å². The van der Waals surface area contributed by atoms with Gasteiger partial charge in [-0.05, 0) is 25.0 Å². The molecule has 0 amide bonds. The molecule has 8 heteroatoms. The molecule has 1 aromatic carbocycles. The predicted molar refractivity (Wildman–Crippen MR) is 83.2 cm³/mol. The third kappa shape index (κ3) is 3.74. The Balaban J connectivity index is 1.93. The Morgan fingerprint density at radius 3 is 2.67 bits per heavy atom. The van der Waals surface area contributed by atoms with Crippen LogP contribution in [0.15, 0.2) is 30.3 Å². The first-order chi connectivity index (χ1) is 11.4. The Morgan fingerprint density at radius 1 is 1.21 bits per heavy atom. The van der Waals surface area contributed by atoms with E-state index in [4.69, 9.17) is 5.41 Å². The number of nitrogens with one attached hydrogen (secondary N) is 2. The summed E-state index contributed by atoms with van der Waals surface area (Å²) in [7, 11) is 0. The molecule has 0 saturated carbocycles. The number of nitrogens with zero attached hydrogens (tertiary/aromatic N) is 3. The average molecular weight is 337 g/mol. The monoisotopic (exact) mass is 337 g/mol. The molecule has 1 aromatic heterocycles. The number of para-hydroxylation sites is 1. The lowest BCUT2D eigenvalue weighted by Crippen LogP contribution is -2.34. The normalized spacial score (nSPS) is 19.0. The molecule has 0 spiro atoms. The second-order valence-corrected chi connectivity index (χ2v) is 5.87. The average Bonchev–Trinajstić information content (AvgIpc) is 2.85. The summed E-state index contributed by atoms with van der Waals surface area (Å²) in [6.45, 7) is 0. The van der Waals surface area contributed by atoms with E-state index < -0.39 is 12.0 Å². The lowest BCUT2D eigenvalue weighted by molar-refractivity contribution is -0.144. The van der Waals surface area contributed by atoms with Gasteiger partial charge in [-0.25, -0.2) is 9.67 Å². The van der Waals surface area contributed by atoms with Crippen LogP contribution in [0.5, 0.6) is 0 Å². The van der Waals surface area contributed by atoms with Crippen molar-refractivity contribution in [1.82, 2.24) is 20.1 Å². The van der Waals surface area contributed by atoms with Gasteiger partial charge in [-0.1, -0.05) is 24.6 Å². The fourth-order valence-electron chi connectivity index (χ4n) is 2.83. The molecule has 0 radical (unpaired) electrons. The number of hydrogen-bond donors (Lipinski definition) is 2. The van der Waals surface area contributed by atoms with Crippen LogP contribution >= 0.6 is 0 Å². The quantitative estimate of drug-likeness (QED) is 0.903. The van der Waals surface area contributed by atoms with Crippen molar-refractivity contribution in [2.45, 2.75) is 44.3 Å². The number of rotatable bonds is 3. The van der Waals surface area contributed by atoms with E-state index in [-0.39, 0.29) is 11.9 Å². The zero-order chi connectivity index (χ0) is 17.2. The topological polar surface area (TPSA) is 66.6 Å². The number of amidine groups is 1. The van der Waals surface area contributed by atoms with Crippen molar-refractivity contribution in [1.29, 1.82) is 5.41 Å². The van der Waals surface area contributed by atoms with Crippen LogP contribution in [0.4, 0.5) is 13.2 Å². The fourth-order valence-corrected chi connectivity index (χ4v) is 2.83. The highest BCUT2D eigenvalue weighted by Gasteiger charge is 2.37. The summed E-state index contributed by atoms with van der Waals surface area (Å²) < 4.78 is 40.3. The predicted octanol–water partition coefficient (Wildman–Crippen LogP) is 3.34. The van der Waals surface area contributed by atoms with Gasteiger partial charge in [0.2, 0.25) is 0 Å². The second kappa shape index (κ2) is 6.62. The molecule has 2 aromatic rings. The van der Waals surface area contributed by atoms with Crippen molar-refractivity contribution in [3.8, 4) is 5.69 Å². The van der Waals surface area contributed by atoms with Crippen LogP contribution in [-0.4, -0.2) is 26.6 Å². The molecule has 24 heavy (non-hydrogen) atoms. The number of hydrogen-bond acceptors (Lipinski definition) is 3. The van der Waals surface area contributed by atoms with Crippen LogP contribution in [0.2, 0.25) is 0 Å². The van der Waals surface area contributed by atoms with Crippen molar-refractivity contribution in [2.75, 3.05) is 0 Å². The molecular weight excluding hydrogens is 319 g/mol. The highest BCUT2D eigenvalue weighted by atomic mass is 19.4. The Bertz CT molecular complexity index is 708. The van der Waals surface area contributed by atoms with Crippen LogP contribution in [0.25, 0.3) is 5.69 Å². The van der Waals surface area contributed by atoms with Crippen LogP contribution in [0, 0.1) is 5.41 Å². The van der Waals surface area contributed by atoms with E-state index in [0.717, 1.165) is 19.3 Å². The Labute approximate surface area is 137 Å². The zero-order valence-corrected chi connectivity index (χ0v) is 13.0. The second-order valence-electron chi connectivity index (χ2n) is 5.87. The van der Waals surface area contributed by atoms with Crippen molar-refractivity contribution < 1.29 is 13.2 Å².